The predicted octanol–water partition coefficient (Wildman–Crippen LogP) is 1.70. The van der Waals surface area contributed by atoms with Gasteiger partial charge in [-0.1, -0.05) is 6.07 Å². The van der Waals surface area contributed by atoms with Crippen molar-refractivity contribution < 1.29 is 9.53 Å². The maximum Gasteiger partial charge on any atom is 0.270 e. The summed E-state index contributed by atoms with van der Waals surface area (Å²) in [5.41, 5.74) is 1.56. The van der Waals surface area contributed by atoms with E-state index in [2.05, 4.69) is 4.98 Å². The molecule has 2 aromatic heterocycles. The van der Waals surface area contributed by atoms with Gasteiger partial charge in [0.2, 0.25) is 0 Å². The summed E-state index contributed by atoms with van der Waals surface area (Å²) in [5.74, 6) is 0.923. The Bertz CT molecular complexity index is 695. The van der Waals surface area contributed by atoms with E-state index in [4.69, 9.17) is 4.74 Å². The zero-order valence-corrected chi connectivity index (χ0v) is 13.8. The Labute approximate surface area is 136 Å². The van der Waals surface area contributed by atoms with Crippen LogP contribution < -0.4 is 4.90 Å². The van der Waals surface area contributed by atoms with Crippen LogP contribution in [0.2, 0.25) is 0 Å². The van der Waals surface area contributed by atoms with Gasteiger partial charge >= 0.3 is 0 Å². The first-order valence-electron chi connectivity index (χ1n) is 7.73. The summed E-state index contributed by atoms with van der Waals surface area (Å²) >= 11 is 0. The lowest BCUT2D eigenvalue weighted by Crippen LogP contribution is -2.43. The molecule has 0 saturated carbocycles. The maximum absolute atomic E-state index is 12.7. The third-order valence-corrected chi connectivity index (χ3v) is 4.06. The number of rotatable bonds is 3. The van der Waals surface area contributed by atoms with E-state index in [-0.39, 0.29) is 12.0 Å². The molecule has 1 aliphatic rings. The van der Waals surface area contributed by atoms with E-state index in [9.17, 15) is 4.79 Å². The van der Waals surface area contributed by atoms with Crippen LogP contribution in [0.4, 0.5) is 5.82 Å². The maximum atomic E-state index is 12.7. The normalized spacial score (nSPS) is 18.0. The molecule has 0 aromatic carbocycles. The summed E-state index contributed by atoms with van der Waals surface area (Å²) in [5, 5.41) is 0. The number of hydrogen-bond donors (Lipinski definition) is 0. The lowest BCUT2D eigenvalue weighted by molar-refractivity contribution is -0.0249. The molecule has 1 saturated heterocycles. The van der Waals surface area contributed by atoms with Gasteiger partial charge in [-0.2, -0.15) is 0 Å². The van der Waals surface area contributed by atoms with Gasteiger partial charge in [0.1, 0.15) is 17.6 Å². The minimum absolute atomic E-state index is 0.0366. The van der Waals surface area contributed by atoms with Crippen LogP contribution in [0.3, 0.4) is 0 Å². The van der Waals surface area contributed by atoms with Crippen LogP contribution in [0.1, 0.15) is 22.3 Å². The van der Waals surface area contributed by atoms with Crippen molar-refractivity contribution in [3.05, 3.63) is 47.9 Å². The highest BCUT2D eigenvalue weighted by molar-refractivity contribution is 5.92. The van der Waals surface area contributed by atoms with Crippen molar-refractivity contribution in [3.63, 3.8) is 0 Å². The molecule has 0 bridgehead atoms. The third-order valence-electron chi connectivity index (χ3n) is 4.06. The molecule has 0 unspecified atom stereocenters. The summed E-state index contributed by atoms with van der Waals surface area (Å²) in [6.45, 7) is 1.65. The van der Waals surface area contributed by atoms with Crippen LogP contribution in [-0.2, 0) is 11.8 Å². The van der Waals surface area contributed by atoms with Gasteiger partial charge < -0.3 is 19.1 Å². The highest BCUT2D eigenvalue weighted by Gasteiger charge is 2.28. The molecule has 0 N–H and O–H groups in total. The lowest BCUT2D eigenvalue weighted by atomic mass is 10.1. The number of carbonyl (C=O) groups excluding carboxylic acids is 1. The fourth-order valence-corrected chi connectivity index (χ4v) is 2.73. The number of anilines is 1. The van der Waals surface area contributed by atoms with Crippen molar-refractivity contribution >= 4 is 11.7 Å². The number of aromatic nitrogens is 2. The molecule has 122 valence electrons. The number of aryl methyl sites for hydroxylation is 1. The van der Waals surface area contributed by atoms with Gasteiger partial charge in [0.15, 0.2) is 0 Å². The number of nitrogens with zero attached hydrogens (tertiary/aromatic N) is 4. The van der Waals surface area contributed by atoms with Gasteiger partial charge in [-0.25, -0.2) is 4.98 Å². The number of amides is 1. The second-order valence-electron chi connectivity index (χ2n) is 5.93. The van der Waals surface area contributed by atoms with E-state index >= 15 is 0 Å². The molecule has 1 fully saturated rings. The van der Waals surface area contributed by atoms with Gasteiger partial charge in [-0.05, 0) is 24.3 Å². The van der Waals surface area contributed by atoms with Gasteiger partial charge in [-0.3, -0.25) is 4.79 Å². The highest BCUT2D eigenvalue weighted by Crippen LogP contribution is 2.23. The molecule has 6 heteroatoms. The van der Waals surface area contributed by atoms with Crippen molar-refractivity contribution in [1.29, 1.82) is 0 Å². The number of carbonyl (C=O) groups is 1. The first-order valence-corrected chi connectivity index (χ1v) is 7.73. The predicted molar refractivity (Wildman–Crippen MR) is 88.6 cm³/mol. The monoisotopic (exact) mass is 314 g/mol. The van der Waals surface area contributed by atoms with Crippen LogP contribution in [0.5, 0.6) is 0 Å². The van der Waals surface area contributed by atoms with E-state index in [0.717, 1.165) is 11.5 Å². The van der Waals surface area contributed by atoms with Crippen LogP contribution in [-0.4, -0.2) is 54.1 Å². The topological polar surface area (TPSA) is 50.6 Å². The molecule has 0 aliphatic carbocycles. The van der Waals surface area contributed by atoms with Crippen molar-refractivity contribution in [2.45, 2.75) is 6.10 Å². The van der Waals surface area contributed by atoms with Crippen molar-refractivity contribution in [2.24, 2.45) is 7.05 Å². The molecule has 1 atom stereocenters. The fraction of sp³-hybridized carbons (Fsp3) is 0.412. The fourth-order valence-electron chi connectivity index (χ4n) is 2.73. The first-order chi connectivity index (χ1) is 11.1. The average molecular weight is 314 g/mol. The van der Waals surface area contributed by atoms with Crippen LogP contribution in [0.25, 0.3) is 0 Å². The van der Waals surface area contributed by atoms with E-state index in [1.165, 1.54) is 0 Å². The van der Waals surface area contributed by atoms with Crippen molar-refractivity contribution in [3.8, 4) is 0 Å². The summed E-state index contributed by atoms with van der Waals surface area (Å²) in [6, 6.07) is 9.61. The average Bonchev–Trinajstić information content (AvgIpc) is 3.00. The van der Waals surface area contributed by atoms with E-state index < -0.39 is 0 Å². The molecular weight excluding hydrogens is 292 g/mol. The second kappa shape index (κ2) is 6.42. The standard InChI is InChI=1S/C17H22N4O2/c1-19(2)16-8-4-6-13(18-16)15-12-21(10-11-23-15)17(22)14-7-5-9-20(14)3/h4-9,15H,10-12H2,1-3H3/t15-/m1/s1. The Kier molecular flexibility index (Phi) is 4.34. The molecule has 0 spiro atoms. The Morgan fingerprint density at radius 3 is 2.83 bits per heavy atom. The van der Waals surface area contributed by atoms with E-state index in [0.29, 0.717) is 25.4 Å². The molecule has 3 heterocycles. The Morgan fingerprint density at radius 1 is 1.30 bits per heavy atom. The van der Waals surface area contributed by atoms with E-state index in [1.54, 1.807) is 0 Å². The van der Waals surface area contributed by atoms with Gasteiger partial charge in [0.25, 0.3) is 5.91 Å². The quantitative estimate of drug-likeness (QED) is 0.865. The second-order valence-corrected chi connectivity index (χ2v) is 5.93. The van der Waals surface area contributed by atoms with Crippen molar-refractivity contribution in [1.82, 2.24) is 14.5 Å². The molecular formula is C17H22N4O2. The molecule has 6 nitrogen and oxygen atoms in total. The third kappa shape index (κ3) is 3.22. The van der Waals surface area contributed by atoms with Crippen molar-refractivity contribution in [2.75, 3.05) is 38.7 Å². The Morgan fingerprint density at radius 2 is 2.13 bits per heavy atom. The zero-order valence-electron chi connectivity index (χ0n) is 13.8. The molecule has 23 heavy (non-hydrogen) atoms. The number of morpholine rings is 1. The largest absolute Gasteiger partial charge is 0.368 e. The highest BCUT2D eigenvalue weighted by atomic mass is 16.5. The summed E-state index contributed by atoms with van der Waals surface area (Å²) < 4.78 is 7.69. The van der Waals surface area contributed by atoms with Crippen LogP contribution in [0.15, 0.2) is 36.5 Å². The van der Waals surface area contributed by atoms with Gasteiger partial charge in [0.05, 0.1) is 18.8 Å². The minimum Gasteiger partial charge on any atom is -0.368 e. The summed E-state index contributed by atoms with van der Waals surface area (Å²) in [7, 11) is 5.80. The smallest absolute Gasteiger partial charge is 0.270 e. The number of ether oxygens (including phenoxy) is 1. The number of hydrogen-bond acceptors (Lipinski definition) is 4. The summed E-state index contributed by atoms with van der Waals surface area (Å²) in [4.78, 5) is 21.1. The van der Waals surface area contributed by atoms with Gasteiger partial charge in [-0.15, -0.1) is 0 Å². The molecule has 1 amide bonds. The first kappa shape index (κ1) is 15.6. The SMILES string of the molecule is CN(C)c1cccc([C@H]2CN(C(=O)c3cccn3C)CCO2)n1. The Balaban J connectivity index is 1.77. The van der Waals surface area contributed by atoms with E-state index in [1.807, 2.05) is 72.0 Å². The zero-order chi connectivity index (χ0) is 16.4. The lowest BCUT2D eigenvalue weighted by Gasteiger charge is -2.33. The molecule has 0 radical (unpaired) electrons. The number of pyridine rings is 1. The molecule has 2 aromatic rings. The minimum atomic E-state index is -0.187. The Hall–Kier alpha value is -2.34. The van der Waals surface area contributed by atoms with Crippen LogP contribution >= 0.6 is 0 Å². The molecule has 3 rings (SSSR count). The molecule has 1 aliphatic heterocycles. The van der Waals surface area contributed by atoms with Crippen LogP contribution in [0, 0.1) is 0 Å². The van der Waals surface area contributed by atoms with Gasteiger partial charge in [0, 0.05) is 33.9 Å². The summed E-state index contributed by atoms with van der Waals surface area (Å²) in [6.07, 6.45) is 1.70.